The van der Waals surface area contributed by atoms with Crippen molar-refractivity contribution >= 4 is 72.5 Å². The molecule has 156 valence electrons. The Kier molecular flexibility index (Phi) is 7.88. The topological polar surface area (TPSA) is 51.0 Å². The van der Waals surface area contributed by atoms with Crippen molar-refractivity contribution in [3.63, 3.8) is 0 Å². The molecule has 30 heavy (non-hydrogen) atoms. The van der Waals surface area contributed by atoms with Crippen molar-refractivity contribution in [1.29, 1.82) is 0 Å². The molecule has 0 fully saturated rings. The summed E-state index contributed by atoms with van der Waals surface area (Å²) in [7, 11) is 0. The van der Waals surface area contributed by atoms with Crippen LogP contribution in [-0.2, 0) is 17.8 Å². The molecule has 0 saturated carbocycles. The Hall–Kier alpha value is -1.93. The fourth-order valence-corrected chi connectivity index (χ4v) is 4.72. The molecule has 2 heterocycles. The second kappa shape index (κ2) is 10.4. The highest BCUT2D eigenvalue weighted by atomic mass is 79.9. The number of nitrogens with zero attached hydrogens (tertiary/aromatic N) is 4. The minimum Gasteiger partial charge on any atom is -0.337 e. The van der Waals surface area contributed by atoms with Crippen molar-refractivity contribution in [2.24, 2.45) is 0 Å². The van der Waals surface area contributed by atoms with Gasteiger partial charge in [-0.05, 0) is 42.3 Å². The number of benzene rings is 2. The Balaban J connectivity index is 0.00000256. The minimum atomic E-state index is 0. The van der Waals surface area contributed by atoms with E-state index in [-0.39, 0.29) is 18.3 Å². The molecular formula is C21H19BrCl2N4OS. The molecule has 4 rings (SSSR count). The van der Waals surface area contributed by atoms with Crippen molar-refractivity contribution in [3.05, 3.63) is 76.2 Å². The van der Waals surface area contributed by atoms with Crippen molar-refractivity contribution in [3.8, 4) is 0 Å². The maximum atomic E-state index is 13.2. The van der Waals surface area contributed by atoms with Crippen molar-refractivity contribution < 1.29 is 4.79 Å². The lowest BCUT2D eigenvalue weighted by Crippen LogP contribution is -2.33. The summed E-state index contributed by atoms with van der Waals surface area (Å²) in [5.74, 6) is 0.0241. The Labute approximate surface area is 198 Å². The maximum absolute atomic E-state index is 13.2. The number of carbonyl (C=O) groups is 1. The highest BCUT2D eigenvalue weighted by Crippen LogP contribution is 2.31. The molecular weight excluding hydrogens is 507 g/mol. The highest BCUT2D eigenvalue weighted by molar-refractivity contribution is 9.10. The molecule has 0 unspecified atom stereocenters. The first-order chi connectivity index (χ1) is 14.1. The molecule has 4 aromatic rings. The largest absolute Gasteiger partial charge is 0.337 e. The molecule has 2 aromatic carbocycles. The molecule has 0 aliphatic carbocycles. The fraction of sp³-hybridized carbons (Fsp3) is 0.190. The van der Waals surface area contributed by atoms with E-state index in [0.29, 0.717) is 18.0 Å². The number of fused-ring (bicyclic) bond motifs is 1. The van der Waals surface area contributed by atoms with Crippen LogP contribution >= 0.6 is 51.3 Å². The number of halogens is 3. The maximum Gasteiger partial charge on any atom is 0.233 e. The zero-order valence-corrected chi connectivity index (χ0v) is 19.8. The number of aryl methyl sites for hydroxylation is 1. The van der Waals surface area contributed by atoms with Gasteiger partial charge < -0.3 is 4.57 Å². The van der Waals surface area contributed by atoms with Crippen molar-refractivity contribution in [2.75, 3.05) is 11.4 Å². The number of carbonyl (C=O) groups excluding carboxylic acids is 1. The standard InChI is InChI=1S/C21H18BrClN4OS.ClH/c22-16-4-7-18-19(13-16)29-21(25-18)27(10-1-9-26-11-8-24-14-26)20(28)12-15-2-5-17(23)6-3-15;/h2-8,11,13-14H,1,9-10,12H2;1H. The van der Waals surface area contributed by atoms with Gasteiger partial charge in [-0.1, -0.05) is 51.0 Å². The van der Waals surface area contributed by atoms with E-state index < -0.39 is 0 Å². The Bertz CT molecular complexity index is 1120. The second-order valence-corrected chi connectivity index (χ2v) is 8.97. The minimum absolute atomic E-state index is 0. The summed E-state index contributed by atoms with van der Waals surface area (Å²) in [5.41, 5.74) is 1.83. The lowest BCUT2D eigenvalue weighted by atomic mass is 10.1. The average molecular weight is 526 g/mol. The summed E-state index contributed by atoms with van der Waals surface area (Å²) < 4.78 is 4.06. The van der Waals surface area contributed by atoms with Gasteiger partial charge in [0.25, 0.3) is 0 Å². The van der Waals surface area contributed by atoms with Gasteiger partial charge in [-0.3, -0.25) is 9.69 Å². The molecule has 0 N–H and O–H groups in total. The molecule has 0 bridgehead atoms. The van der Waals surface area contributed by atoms with Gasteiger partial charge in [-0.15, -0.1) is 12.4 Å². The van der Waals surface area contributed by atoms with Gasteiger partial charge in [-0.25, -0.2) is 9.97 Å². The van der Waals surface area contributed by atoms with Crippen LogP contribution < -0.4 is 4.90 Å². The smallest absolute Gasteiger partial charge is 0.233 e. The molecule has 1 amide bonds. The quantitative estimate of drug-likeness (QED) is 0.297. The monoisotopic (exact) mass is 524 g/mol. The number of thiazole rings is 1. The van der Waals surface area contributed by atoms with Crippen LogP contribution in [-0.4, -0.2) is 27.0 Å². The first kappa shape index (κ1) is 22.7. The van der Waals surface area contributed by atoms with Gasteiger partial charge in [0.2, 0.25) is 5.91 Å². The van der Waals surface area contributed by atoms with Crippen LogP contribution in [0.25, 0.3) is 10.2 Å². The van der Waals surface area contributed by atoms with Crippen LogP contribution in [0.3, 0.4) is 0 Å². The second-order valence-electron chi connectivity index (χ2n) is 6.61. The van der Waals surface area contributed by atoms with Gasteiger partial charge in [0.05, 0.1) is 23.0 Å². The van der Waals surface area contributed by atoms with E-state index in [1.165, 1.54) is 11.3 Å². The average Bonchev–Trinajstić information content (AvgIpc) is 3.36. The summed E-state index contributed by atoms with van der Waals surface area (Å²) in [6.45, 7) is 1.38. The van der Waals surface area contributed by atoms with E-state index in [1.807, 2.05) is 53.2 Å². The van der Waals surface area contributed by atoms with Crippen LogP contribution in [0.5, 0.6) is 0 Å². The highest BCUT2D eigenvalue weighted by Gasteiger charge is 2.20. The summed E-state index contributed by atoms with van der Waals surface area (Å²) >= 11 is 11.0. The van der Waals surface area contributed by atoms with Crippen LogP contribution in [0.2, 0.25) is 5.02 Å². The third-order valence-electron chi connectivity index (χ3n) is 4.50. The van der Waals surface area contributed by atoms with Crippen molar-refractivity contribution in [2.45, 2.75) is 19.4 Å². The van der Waals surface area contributed by atoms with Gasteiger partial charge in [0, 0.05) is 35.0 Å². The van der Waals surface area contributed by atoms with E-state index >= 15 is 0 Å². The SMILES string of the molecule is Cl.O=C(Cc1ccc(Cl)cc1)N(CCCn1ccnc1)c1nc2ccc(Br)cc2s1. The molecule has 9 heteroatoms. The Morgan fingerprint density at radius 2 is 2.00 bits per heavy atom. The van der Waals surface area contributed by atoms with Crippen molar-refractivity contribution in [1.82, 2.24) is 14.5 Å². The Morgan fingerprint density at radius 3 is 2.73 bits per heavy atom. The number of anilines is 1. The lowest BCUT2D eigenvalue weighted by Gasteiger charge is -2.20. The number of rotatable bonds is 7. The zero-order chi connectivity index (χ0) is 20.2. The summed E-state index contributed by atoms with van der Waals surface area (Å²) in [6, 6.07) is 13.4. The molecule has 0 saturated heterocycles. The van der Waals surface area contributed by atoms with E-state index in [0.717, 1.165) is 38.3 Å². The number of aromatic nitrogens is 3. The first-order valence-corrected chi connectivity index (χ1v) is 11.1. The normalized spacial score (nSPS) is 10.7. The molecule has 0 radical (unpaired) electrons. The number of hydrogen-bond acceptors (Lipinski definition) is 4. The van der Waals surface area contributed by atoms with E-state index in [4.69, 9.17) is 16.6 Å². The zero-order valence-electron chi connectivity index (χ0n) is 15.9. The van der Waals surface area contributed by atoms with Gasteiger partial charge >= 0.3 is 0 Å². The molecule has 5 nitrogen and oxygen atoms in total. The molecule has 0 spiro atoms. The number of amides is 1. The summed E-state index contributed by atoms with van der Waals surface area (Å²) in [5, 5.41) is 1.39. The van der Waals surface area contributed by atoms with Crippen LogP contribution in [0.15, 0.2) is 65.7 Å². The van der Waals surface area contributed by atoms with Gasteiger partial charge in [0.15, 0.2) is 5.13 Å². The Morgan fingerprint density at radius 1 is 1.20 bits per heavy atom. The van der Waals surface area contributed by atoms with Gasteiger partial charge in [-0.2, -0.15) is 0 Å². The fourth-order valence-electron chi connectivity index (χ4n) is 3.03. The summed E-state index contributed by atoms with van der Waals surface area (Å²) in [6.07, 6.45) is 6.59. The van der Waals surface area contributed by atoms with E-state index in [9.17, 15) is 4.79 Å². The lowest BCUT2D eigenvalue weighted by molar-refractivity contribution is -0.118. The summed E-state index contributed by atoms with van der Waals surface area (Å²) in [4.78, 5) is 23.7. The van der Waals surface area contributed by atoms with E-state index in [2.05, 4.69) is 20.9 Å². The third-order valence-corrected chi connectivity index (χ3v) is 6.28. The van der Waals surface area contributed by atoms with Gasteiger partial charge in [0.1, 0.15) is 0 Å². The molecule has 0 aliphatic heterocycles. The van der Waals surface area contributed by atoms with Crippen LogP contribution in [0.1, 0.15) is 12.0 Å². The first-order valence-electron chi connectivity index (χ1n) is 9.15. The molecule has 0 aliphatic rings. The van der Waals surface area contributed by atoms with Crippen LogP contribution in [0, 0.1) is 0 Å². The van der Waals surface area contributed by atoms with Crippen LogP contribution in [0.4, 0.5) is 5.13 Å². The molecule has 0 atom stereocenters. The van der Waals surface area contributed by atoms with E-state index in [1.54, 1.807) is 17.4 Å². The third kappa shape index (κ3) is 5.60. The predicted molar refractivity (Wildman–Crippen MR) is 129 cm³/mol. The molecule has 2 aromatic heterocycles. The number of hydrogen-bond donors (Lipinski definition) is 0. The predicted octanol–water partition coefficient (Wildman–Crippen LogP) is 6.00. The number of imidazole rings is 1.